The van der Waals surface area contributed by atoms with Gasteiger partial charge >= 0.3 is 0 Å². The minimum Gasteiger partial charge on any atom is -0.338 e. The molecule has 3 heterocycles. The summed E-state index contributed by atoms with van der Waals surface area (Å²) in [7, 11) is 0. The van der Waals surface area contributed by atoms with Crippen LogP contribution in [0.1, 0.15) is 65.2 Å². The topological polar surface area (TPSA) is 71.9 Å². The van der Waals surface area contributed by atoms with Gasteiger partial charge in [-0.15, -0.1) is 0 Å². The first-order valence-electron chi connectivity index (χ1n) is 8.61. The van der Waals surface area contributed by atoms with Crippen LogP contribution in [0.2, 0.25) is 0 Å². The van der Waals surface area contributed by atoms with E-state index in [2.05, 4.69) is 19.9 Å². The molecule has 1 aliphatic carbocycles. The highest BCUT2D eigenvalue weighted by Gasteiger charge is 2.29. The van der Waals surface area contributed by atoms with Crippen LogP contribution in [0.3, 0.4) is 0 Å². The standard InChI is InChI=1S/C18H21N5O/c1-12-19-7-6-16(22-12)14-3-2-8-23(11-14)18(24)15-9-20-17(21-10-15)13-4-5-13/h6-7,9-10,13-14H,2-5,8,11H2,1H3/t14-/m1/s1. The van der Waals surface area contributed by atoms with Gasteiger partial charge in [0.15, 0.2) is 0 Å². The number of aryl methyl sites for hydroxylation is 1. The maximum atomic E-state index is 12.8. The molecule has 1 saturated heterocycles. The van der Waals surface area contributed by atoms with E-state index in [1.54, 1.807) is 18.6 Å². The van der Waals surface area contributed by atoms with Crippen molar-refractivity contribution >= 4 is 5.91 Å². The molecule has 2 aromatic rings. The molecule has 0 N–H and O–H groups in total. The Morgan fingerprint density at radius 2 is 1.92 bits per heavy atom. The first kappa shape index (κ1) is 15.2. The lowest BCUT2D eigenvalue weighted by Crippen LogP contribution is -2.39. The molecule has 4 rings (SSSR count). The first-order valence-corrected chi connectivity index (χ1v) is 8.61. The molecule has 1 aliphatic heterocycles. The molecule has 0 spiro atoms. The second-order valence-corrected chi connectivity index (χ2v) is 6.72. The number of aromatic nitrogens is 4. The van der Waals surface area contributed by atoms with Gasteiger partial charge in [0.2, 0.25) is 0 Å². The Bertz CT molecular complexity index is 741. The number of hydrogen-bond donors (Lipinski definition) is 0. The lowest BCUT2D eigenvalue weighted by molar-refractivity contribution is 0.0705. The number of nitrogens with zero attached hydrogens (tertiary/aromatic N) is 5. The number of rotatable bonds is 3. The second kappa shape index (κ2) is 6.26. The normalized spacial score (nSPS) is 20.9. The zero-order valence-corrected chi connectivity index (χ0v) is 13.9. The fourth-order valence-electron chi connectivity index (χ4n) is 3.29. The third-order valence-corrected chi connectivity index (χ3v) is 4.79. The molecule has 6 heteroatoms. The van der Waals surface area contributed by atoms with Crippen molar-refractivity contribution in [2.45, 2.75) is 44.4 Å². The monoisotopic (exact) mass is 323 g/mol. The molecule has 1 amide bonds. The zero-order valence-electron chi connectivity index (χ0n) is 13.9. The van der Waals surface area contributed by atoms with Crippen molar-refractivity contribution in [1.82, 2.24) is 24.8 Å². The van der Waals surface area contributed by atoms with Crippen molar-refractivity contribution in [2.24, 2.45) is 0 Å². The maximum Gasteiger partial charge on any atom is 0.257 e. The van der Waals surface area contributed by atoms with Crippen LogP contribution in [0.15, 0.2) is 24.7 Å². The molecule has 1 atom stereocenters. The summed E-state index contributed by atoms with van der Waals surface area (Å²) in [6, 6.07) is 1.96. The fourth-order valence-corrected chi connectivity index (χ4v) is 3.29. The minimum absolute atomic E-state index is 0.0211. The molecule has 0 radical (unpaired) electrons. The summed E-state index contributed by atoms with van der Waals surface area (Å²) in [5.41, 5.74) is 1.61. The number of piperidine rings is 1. The third-order valence-electron chi connectivity index (χ3n) is 4.79. The molecule has 0 bridgehead atoms. The van der Waals surface area contributed by atoms with Crippen LogP contribution in [0.25, 0.3) is 0 Å². The van der Waals surface area contributed by atoms with E-state index in [-0.39, 0.29) is 11.8 Å². The van der Waals surface area contributed by atoms with Gasteiger partial charge in [-0.1, -0.05) is 0 Å². The van der Waals surface area contributed by atoms with Gasteiger partial charge in [-0.25, -0.2) is 19.9 Å². The molecule has 2 aromatic heterocycles. The van der Waals surface area contributed by atoms with Crippen LogP contribution in [0.5, 0.6) is 0 Å². The van der Waals surface area contributed by atoms with Crippen molar-refractivity contribution in [2.75, 3.05) is 13.1 Å². The molecule has 2 fully saturated rings. The molecule has 124 valence electrons. The first-order chi connectivity index (χ1) is 11.7. The van der Waals surface area contributed by atoms with Crippen molar-refractivity contribution < 1.29 is 4.79 Å². The van der Waals surface area contributed by atoms with E-state index in [0.29, 0.717) is 18.0 Å². The van der Waals surface area contributed by atoms with Gasteiger partial charge in [0.25, 0.3) is 5.91 Å². The predicted octanol–water partition coefficient (Wildman–Crippen LogP) is 2.47. The van der Waals surface area contributed by atoms with Crippen molar-refractivity contribution in [3.63, 3.8) is 0 Å². The molecule has 2 aliphatic rings. The van der Waals surface area contributed by atoms with Crippen LogP contribution in [-0.2, 0) is 0 Å². The number of carbonyl (C=O) groups excluding carboxylic acids is 1. The molecule has 6 nitrogen and oxygen atoms in total. The summed E-state index contributed by atoms with van der Waals surface area (Å²) in [6.45, 7) is 3.37. The fraction of sp³-hybridized carbons (Fsp3) is 0.500. The summed E-state index contributed by atoms with van der Waals surface area (Å²) >= 11 is 0. The molecule has 0 aromatic carbocycles. The molecular formula is C18H21N5O. The number of likely N-dealkylation sites (tertiary alicyclic amines) is 1. The van der Waals surface area contributed by atoms with E-state index in [1.165, 1.54) is 12.8 Å². The van der Waals surface area contributed by atoms with E-state index in [4.69, 9.17) is 0 Å². The molecular weight excluding hydrogens is 302 g/mol. The largest absolute Gasteiger partial charge is 0.338 e. The van der Waals surface area contributed by atoms with E-state index in [1.807, 2.05) is 17.9 Å². The van der Waals surface area contributed by atoms with Gasteiger partial charge in [0, 0.05) is 49.2 Å². The average Bonchev–Trinajstić information content (AvgIpc) is 3.47. The Morgan fingerprint density at radius 1 is 1.12 bits per heavy atom. The van der Waals surface area contributed by atoms with Crippen molar-refractivity contribution in [3.8, 4) is 0 Å². The van der Waals surface area contributed by atoms with Crippen molar-refractivity contribution in [1.29, 1.82) is 0 Å². The van der Waals surface area contributed by atoms with Crippen LogP contribution in [0, 0.1) is 6.92 Å². The lowest BCUT2D eigenvalue weighted by atomic mass is 9.94. The van der Waals surface area contributed by atoms with Gasteiger partial charge in [-0.2, -0.15) is 0 Å². The maximum absolute atomic E-state index is 12.8. The molecule has 0 unspecified atom stereocenters. The highest BCUT2D eigenvalue weighted by Crippen LogP contribution is 2.37. The summed E-state index contributed by atoms with van der Waals surface area (Å²) in [6.07, 6.45) is 9.53. The number of carbonyl (C=O) groups is 1. The molecule has 1 saturated carbocycles. The van der Waals surface area contributed by atoms with E-state index in [0.717, 1.165) is 36.7 Å². The lowest BCUT2D eigenvalue weighted by Gasteiger charge is -2.32. The van der Waals surface area contributed by atoms with E-state index < -0.39 is 0 Å². The number of hydrogen-bond acceptors (Lipinski definition) is 5. The Balaban J connectivity index is 1.47. The Hall–Kier alpha value is -2.37. The Kier molecular flexibility index (Phi) is 3.96. The van der Waals surface area contributed by atoms with E-state index in [9.17, 15) is 4.79 Å². The van der Waals surface area contributed by atoms with Gasteiger partial charge in [-0.05, 0) is 38.7 Å². The highest BCUT2D eigenvalue weighted by molar-refractivity contribution is 5.93. The summed E-state index contributed by atoms with van der Waals surface area (Å²) in [5.74, 6) is 2.46. The van der Waals surface area contributed by atoms with Crippen LogP contribution < -0.4 is 0 Å². The third kappa shape index (κ3) is 3.13. The van der Waals surface area contributed by atoms with Crippen LogP contribution >= 0.6 is 0 Å². The van der Waals surface area contributed by atoms with Gasteiger partial charge < -0.3 is 4.90 Å². The summed E-state index contributed by atoms with van der Waals surface area (Å²) < 4.78 is 0. The van der Waals surface area contributed by atoms with E-state index >= 15 is 0 Å². The Labute approximate surface area is 141 Å². The van der Waals surface area contributed by atoms with Gasteiger partial charge in [0.1, 0.15) is 11.6 Å². The Morgan fingerprint density at radius 3 is 2.62 bits per heavy atom. The van der Waals surface area contributed by atoms with Crippen molar-refractivity contribution in [3.05, 3.63) is 47.6 Å². The predicted molar refractivity (Wildman–Crippen MR) is 88.7 cm³/mol. The van der Waals surface area contributed by atoms with Gasteiger partial charge in [-0.3, -0.25) is 4.79 Å². The number of amides is 1. The minimum atomic E-state index is 0.0211. The SMILES string of the molecule is Cc1nccc([C@@H]2CCCN(C(=O)c3cnc(C4CC4)nc3)C2)n1. The zero-order chi connectivity index (χ0) is 16.5. The smallest absolute Gasteiger partial charge is 0.257 e. The highest BCUT2D eigenvalue weighted by atomic mass is 16.2. The quantitative estimate of drug-likeness (QED) is 0.867. The van der Waals surface area contributed by atoms with Crippen LogP contribution in [0.4, 0.5) is 0 Å². The second-order valence-electron chi connectivity index (χ2n) is 6.72. The van der Waals surface area contributed by atoms with Crippen LogP contribution in [-0.4, -0.2) is 43.8 Å². The summed E-state index contributed by atoms with van der Waals surface area (Å²) in [5, 5.41) is 0. The average molecular weight is 323 g/mol. The molecule has 24 heavy (non-hydrogen) atoms. The van der Waals surface area contributed by atoms with Gasteiger partial charge in [0.05, 0.1) is 5.56 Å². The summed E-state index contributed by atoms with van der Waals surface area (Å²) in [4.78, 5) is 32.1.